The molecule has 0 saturated carbocycles. The molecule has 5 nitrogen and oxygen atoms in total. The van der Waals surface area contributed by atoms with Crippen molar-refractivity contribution in [3.8, 4) is 5.75 Å². The predicted octanol–water partition coefficient (Wildman–Crippen LogP) is 4.10. The lowest BCUT2D eigenvalue weighted by atomic mass is 10.1. The van der Waals surface area contributed by atoms with Gasteiger partial charge in [0.15, 0.2) is 0 Å². The van der Waals surface area contributed by atoms with E-state index in [0.717, 1.165) is 21.8 Å². The minimum Gasteiger partial charge on any atom is -0.491 e. The average molecular weight is 454 g/mol. The SMILES string of the molecule is COC(=O)c1cc2c(OC[C@H](N)Cc3ccccc3)ccc(Br)c2n1C.Cl. The van der Waals surface area contributed by atoms with Gasteiger partial charge in [-0.15, -0.1) is 12.4 Å². The number of halogens is 2. The van der Waals surface area contributed by atoms with Crippen LogP contribution < -0.4 is 10.5 Å². The summed E-state index contributed by atoms with van der Waals surface area (Å²) in [5.74, 6) is 0.305. The van der Waals surface area contributed by atoms with Crippen LogP contribution in [0.5, 0.6) is 5.75 Å². The summed E-state index contributed by atoms with van der Waals surface area (Å²) in [6.45, 7) is 0.383. The molecule has 0 saturated heterocycles. The van der Waals surface area contributed by atoms with Gasteiger partial charge in [-0.05, 0) is 46.1 Å². The molecule has 2 aromatic carbocycles. The maximum Gasteiger partial charge on any atom is 0.354 e. The third-order valence-electron chi connectivity index (χ3n) is 4.29. The van der Waals surface area contributed by atoms with Gasteiger partial charge in [0.25, 0.3) is 0 Å². The van der Waals surface area contributed by atoms with Gasteiger partial charge < -0.3 is 19.8 Å². The van der Waals surface area contributed by atoms with E-state index in [2.05, 4.69) is 28.1 Å². The quantitative estimate of drug-likeness (QED) is 0.571. The molecule has 1 heterocycles. The molecule has 2 N–H and O–H groups in total. The van der Waals surface area contributed by atoms with Crippen LogP contribution in [0.4, 0.5) is 0 Å². The van der Waals surface area contributed by atoms with Crippen molar-refractivity contribution >= 4 is 45.2 Å². The standard InChI is InChI=1S/C20H21BrN2O3.ClH/c1-23-17(20(24)25-2)11-15-18(9-8-16(21)19(15)23)26-12-14(22)10-13-6-4-3-5-7-13;/h3-9,11,14H,10,12,22H2,1-2H3;1H/t14-;/m1./s1. The third kappa shape index (κ3) is 4.64. The molecular weight excluding hydrogens is 432 g/mol. The number of aromatic nitrogens is 1. The maximum atomic E-state index is 12.0. The molecule has 0 aliphatic heterocycles. The highest BCUT2D eigenvalue weighted by atomic mass is 79.9. The fourth-order valence-corrected chi connectivity index (χ4v) is 3.61. The second-order valence-electron chi connectivity index (χ2n) is 6.15. The first-order chi connectivity index (χ1) is 12.5. The Labute approximate surface area is 173 Å². The zero-order valence-corrected chi connectivity index (χ0v) is 17.5. The lowest BCUT2D eigenvalue weighted by molar-refractivity contribution is 0.0590. The fourth-order valence-electron chi connectivity index (χ4n) is 3.00. The van der Waals surface area contributed by atoms with Crippen LogP contribution in [0.25, 0.3) is 10.9 Å². The van der Waals surface area contributed by atoms with Crippen LogP contribution in [0.1, 0.15) is 16.1 Å². The van der Waals surface area contributed by atoms with Crippen LogP contribution in [0, 0.1) is 0 Å². The highest BCUT2D eigenvalue weighted by molar-refractivity contribution is 9.10. The van der Waals surface area contributed by atoms with Gasteiger partial charge >= 0.3 is 5.97 Å². The Hall–Kier alpha value is -2.02. The molecule has 0 aliphatic rings. The van der Waals surface area contributed by atoms with Crippen molar-refractivity contribution in [1.82, 2.24) is 4.57 Å². The molecule has 0 radical (unpaired) electrons. The van der Waals surface area contributed by atoms with Crippen LogP contribution in [0.3, 0.4) is 0 Å². The number of esters is 1. The second kappa shape index (κ2) is 9.26. The summed E-state index contributed by atoms with van der Waals surface area (Å²) >= 11 is 3.54. The normalized spacial score (nSPS) is 11.7. The van der Waals surface area contributed by atoms with Gasteiger partial charge in [0, 0.05) is 22.9 Å². The Morgan fingerprint density at radius 1 is 1.22 bits per heavy atom. The zero-order chi connectivity index (χ0) is 18.7. The maximum absolute atomic E-state index is 12.0. The molecule has 3 rings (SSSR count). The Balaban J connectivity index is 0.00000261. The molecule has 0 amide bonds. The van der Waals surface area contributed by atoms with E-state index in [0.29, 0.717) is 18.1 Å². The van der Waals surface area contributed by atoms with E-state index in [9.17, 15) is 4.79 Å². The minimum atomic E-state index is -0.387. The van der Waals surface area contributed by atoms with Crippen LogP contribution in [0.2, 0.25) is 0 Å². The van der Waals surface area contributed by atoms with Gasteiger partial charge in [0.05, 0.1) is 12.6 Å². The molecule has 0 bridgehead atoms. The Bertz CT molecular complexity index is 928. The van der Waals surface area contributed by atoms with Crippen LogP contribution in [-0.4, -0.2) is 30.3 Å². The lowest BCUT2D eigenvalue weighted by Crippen LogP contribution is -2.30. The van der Waals surface area contributed by atoms with Crippen LogP contribution in [0.15, 0.2) is 53.0 Å². The number of carbonyl (C=O) groups excluding carboxylic acids is 1. The van der Waals surface area contributed by atoms with E-state index in [4.69, 9.17) is 15.2 Å². The smallest absolute Gasteiger partial charge is 0.354 e. The molecule has 7 heteroatoms. The summed E-state index contributed by atoms with van der Waals surface area (Å²) in [6.07, 6.45) is 0.739. The average Bonchev–Trinajstić information content (AvgIpc) is 3.00. The molecule has 0 fully saturated rings. The number of fused-ring (bicyclic) bond motifs is 1. The largest absolute Gasteiger partial charge is 0.491 e. The Kier molecular flexibility index (Phi) is 7.30. The molecule has 0 unspecified atom stereocenters. The van der Waals surface area contributed by atoms with E-state index in [-0.39, 0.29) is 24.4 Å². The molecule has 1 atom stereocenters. The lowest BCUT2D eigenvalue weighted by Gasteiger charge is -2.14. The van der Waals surface area contributed by atoms with Crippen molar-refractivity contribution in [3.05, 3.63) is 64.3 Å². The first-order valence-corrected chi connectivity index (χ1v) is 9.09. The molecule has 3 aromatic rings. The van der Waals surface area contributed by atoms with Gasteiger partial charge in [-0.3, -0.25) is 0 Å². The van der Waals surface area contributed by atoms with E-state index < -0.39 is 0 Å². The molecule has 0 aliphatic carbocycles. The number of benzene rings is 2. The van der Waals surface area contributed by atoms with Crippen molar-refractivity contribution in [2.45, 2.75) is 12.5 Å². The number of rotatable bonds is 6. The number of aryl methyl sites for hydroxylation is 1. The van der Waals surface area contributed by atoms with Gasteiger partial charge in [-0.25, -0.2) is 4.79 Å². The van der Waals surface area contributed by atoms with Crippen molar-refractivity contribution in [3.63, 3.8) is 0 Å². The van der Waals surface area contributed by atoms with E-state index >= 15 is 0 Å². The topological polar surface area (TPSA) is 66.5 Å². The van der Waals surface area contributed by atoms with Crippen molar-refractivity contribution < 1.29 is 14.3 Å². The minimum absolute atomic E-state index is 0. The number of hydrogen-bond donors (Lipinski definition) is 1. The summed E-state index contributed by atoms with van der Waals surface area (Å²) in [5.41, 5.74) is 8.74. The summed E-state index contributed by atoms with van der Waals surface area (Å²) in [4.78, 5) is 12.0. The number of carbonyl (C=O) groups is 1. The van der Waals surface area contributed by atoms with Crippen molar-refractivity contribution in [1.29, 1.82) is 0 Å². The molecule has 0 spiro atoms. The molecule has 1 aromatic heterocycles. The van der Waals surface area contributed by atoms with Gasteiger partial charge in [-0.2, -0.15) is 0 Å². The summed E-state index contributed by atoms with van der Waals surface area (Å²) in [6, 6.07) is 15.5. The van der Waals surface area contributed by atoms with Crippen molar-refractivity contribution in [2.75, 3.05) is 13.7 Å². The third-order valence-corrected chi connectivity index (χ3v) is 4.93. The van der Waals surface area contributed by atoms with Crippen molar-refractivity contribution in [2.24, 2.45) is 12.8 Å². The molecule has 144 valence electrons. The second-order valence-corrected chi connectivity index (χ2v) is 7.00. The number of nitrogens with two attached hydrogens (primary N) is 1. The number of methoxy groups -OCH3 is 1. The highest BCUT2D eigenvalue weighted by Gasteiger charge is 2.18. The van der Waals surface area contributed by atoms with Crippen LogP contribution >= 0.6 is 28.3 Å². The fraction of sp³-hybridized carbons (Fsp3) is 0.250. The summed E-state index contributed by atoms with van der Waals surface area (Å²) in [5, 5.41) is 0.842. The monoisotopic (exact) mass is 452 g/mol. The first-order valence-electron chi connectivity index (χ1n) is 8.29. The summed E-state index contributed by atoms with van der Waals surface area (Å²) < 4.78 is 13.5. The van der Waals surface area contributed by atoms with E-state index in [1.54, 1.807) is 10.6 Å². The molecule has 27 heavy (non-hydrogen) atoms. The summed E-state index contributed by atoms with van der Waals surface area (Å²) in [7, 11) is 3.19. The predicted molar refractivity (Wildman–Crippen MR) is 113 cm³/mol. The van der Waals surface area contributed by atoms with Crippen LogP contribution in [-0.2, 0) is 18.2 Å². The number of hydrogen-bond acceptors (Lipinski definition) is 4. The molecular formula is C20H22BrClN2O3. The number of ether oxygens (including phenoxy) is 2. The number of nitrogens with zero attached hydrogens (tertiary/aromatic N) is 1. The first kappa shape index (κ1) is 21.3. The van der Waals surface area contributed by atoms with Gasteiger partial charge in [-0.1, -0.05) is 30.3 Å². The van der Waals surface area contributed by atoms with Gasteiger partial charge in [0.1, 0.15) is 18.1 Å². The van der Waals surface area contributed by atoms with E-state index in [1.807, 2.05) is 37.4 Å². The van der Waals surface area contributed by atoms with E-state index in [1.165, 1.54) is 12.7 Å². The van der Waals surface area contributed by atoms with Gasteiger partial charge in [0.2, 0.25) is 0 Å². The Morgan fingerprint density at radius 3 is 2.59 bits per heavy atom. The Morgan fingerprint density at radius 2 is 1.93 bits per heavy atom. The zero-order valence-electron chi connectivity index (χ0n) is 15.1. The highest BCUT2D eigenvalue weighted by Crippen LogP contribution is 2.34.